The summed E-state index contributed by atoms with van der Waals surface area (Å²) in [6.45, 7) is 5.16. The van der Waals surface area contributed by atoms with E-state index in [9.17, 15) is 0 Å². The summed E-state index contributed by atoms with van der Waals surface area (Å²) in [6.07, 6.45) is 2.06. The summed E-state index contributed by atoms with van der Waals surface area (Å²) in [6, 6.07) is 19.6. The van der Waals surface area contributed by atoms with Crippen LogP contribution in [0, 0.1) is 0 Å². The quantitative estimate of drug-likeness (QED) is 0.887. The monoisotopic (exact) mass is 325 g/mol. The predicted octanol–water partition coefficient (Wildman–Crippen LogP) is 4.33. The van der Waals surface area contributed by atoms with Crippen LogP contribution < -0.4 is 10.1 Å². The van der Waals surface area contributed by atoms with Crippen LogP contribution >= 0.6 is 0 Å². The molecule has 0 amide bonds. The minimum atomic E-state index is -0.0585. The van der Waals surface area contributed by atoms with Crippen molar-refractivity contribution < 1.29 is 9.47 Å². The molecule has 0 saturated carbocycles. The van der Waals surface area contributed by atoms with Gasteiger partial charge in [0.15, 0.2) is 0 Å². The molecule has 3 nitrogen and oxygen atoms in total. The maximum atomic E-state index is 5.86. The zero-order chi connectivity index (χ0) is 17.0. The fourth-order valence-corrected chi connectivity index (χ4v) is 3.44. The van der Waals surface area contributed by atoms with Crippen LogP contribution in [0.2, 0.25) is 0 Å². The Morgan fingerprint density at radius 3 is 2.33 bits per heavy atom. The Morgan fingerprint density at radius 1 is 1.04 bits per heavy atom. The van der Waals surface area contributed by atoms with Crippen LogP contribution in [0.1, 0.15) is 43.9 Å². The van der Waals surface area contributed by atoms with E-state index in [4.69, 9.17) is 9.47 Å². The predicted molar refractivity (Wildman–Crippen MR) is 97.5 cm³/mol. The van der Waals surface area contributed by atoms with Gasteiger partial charge in [0.05, 0.1) is 18.8 Å². The fraction of sp³-hybridized carbons (Fsp3) is 0.429. The topological polar surface area (TPSA) is 30.5 Å². The lowest BCUT2D eigenvalue weighted by Crippen LogP contribution is -2.45. The van der Waals surface area contributed by atoms with Crippen molar-refractivity contribution in [3.63, 3.8) is 0 Å². The molecule has 3 heteroatoms. The minimum Gasteiger partial charge on any atom is -0.497 e. The lowest BCUT2D eigenvalue weighted by atomic mass is 9.91. The average Bonchev–Trinajstić information content (AvgIpc) is 2.60. The zero-order valence-corrected chi connectivity index (χ0v) is 14.8. The van der Waals surface area contributed by atoms with E-state index in [0.29, 0.717) is 6.04 Å². The average molecular weight is 325 g/mol. The molecule has 0 unspecified atom stereocenters. The Labute approximate surface area is 145 Å². The Morgan fingerprint density at radius 2 is 1.71 bits per heavy atom. The molecule has 2 aromatic rings. The van der Waals surface area contributed by atoms with Crippen LogP contribution in [0.4, 0.5) is 0 Å². The molecule has 2 aromatic carbocycles. The summed E-state index contributed by atoms with van der Waals surface area (Å²) in [5.41, 5.74) is 2.48. The van der Waals surface area contributed by atoms with Gasteiger partial charge in [0, 0.05) is 12.6 Å². The largest absolute Gasteiger partial charge is 0.497 e. The number of benzene rings is 2. The van der Waals surface area contributed by atoms with Crippen molar-refractivity contribution in [2.75, 3.05) is 13.7 Å². The fourth-order valence-electron chi connectivity index (χ4n) is 3.44. The third-order valence-corrected chi connectivity index (χ3v) is 4.68. The molecule has 2 atom stereocenters. The van der Waals surface area contributed by atoms with Crippen LogP contribution in [0.3, 0.4) is 0 Å². The summed E-state index contributed by atoms with van der Waals surface area (Å²) in [5.74, 6) is 0.887. The van der Waals surface area contributed by atoms with E-state index in [-0.39, 0.29) is 11.6 Å². The van der Waals surface area contributed by atoms with Gasteiger partial charge >= 0.3 is 0 Å². The summed E-state index contributed by atoms with van der Waals surface area (Å²) in [4.78, 5) is 0. The van der Waals surface area contributed by atoms with Gasteiger partial charge in [-0.1, -0.05) is 42.5 Å². The molecule has 1 aliphatic rings. The third kappa shape index (κ3) is 4.16. The normalized spacial score (nSPS) is 21.2. The van der Waals surface area contributed by atoms with E-state index < -0.39 is 0 Å². The lowest BCUT2D eigenvalue weighted by Gasteiger charge is -2.38. The first kappa shape index (κ1) is 17.0. The van der Waals surface area contributed by atoms with Crippen molar-refractivity contribution >= 4 is 0 Å². The van der Waals surface area contributed by atoms with Gasteiger partial charge in [-0.15, -0.1) is 0 Å². The molecule has 0 bridgehead atoms. The molecular weight excluding hydrogens is 298 g/mol. The Bertz CT molecular complexity index is 637. The van der Waals surface area contributed by atoms with E-state index in [1.54, 1.807) is 7.11 Å². The first-order valence-electron chi connectivity index (χ1n) is 8.66. The summed E-state index contributed by atoms with van der Waals surface area (Å²) < 4.78 is 11.2. The maximum Gasteiger partial charge on any atom is 0.118 e. The van der Waals surface area contributed by atoms with Crippen molar-refractivity contribution in [2.45, 2.75) is 44.4 Å². The first-order chi connectivity index (χ1) is 11.6. The molecule has 0 radical (unpaired) electrons. The smallest absolute Gasteiger partial charge is 0.118 e. The minimum absolute atomic E-state index is 0.0585. The molecule has 0 aliphatic carbocycles. The van der Waals surface area contributed by atoms with Gasteiger partial charge in [0.25, 0.3) is 0 Å². The lowest BCUT2D eigenvalue weighted by molar-refractivity contribution is -0.0637. The van der Waals surface area contributed by atoms with Crippen molar-refractivity contribution in [3.8, 4) is 5.75 Å². The molecule has 3 rings (SSSR count). The molecule has 0 aromatic heterocycles. The third-order valence-electron chi connectivity index (χ3n) is 4.68. The van der Waals surface area contributed by atoms with Gasteiger partial charge in [-0.2, -0.15) is 0 Å². The standard InChI is InChI=1S/C21H27NO2/c1-21(2)15-18(13-14-24-21)22-20(16-7-5-4-6-8-16)17-9-11-19(23-3)12-10-17/h4-12,18,20,22H,13-15H2,1-3H3/t18-,20+/m0/s1. The van der Waals surface area contributed by atoms with Gasteiger partial charge in [0.1, 0.15) is 5.75 Å². The zero-order valence-electron chi connectivity index (χ0n) is 14.8. The SMILES string of the molecule is COc1ccc([C@H](N[C@H]2CCOC(C)(C)C2)c2ccccc2)cc1. The van der Waals surface area contributed by atoms with Crippen LogP contribution in [-0.4, -0.2) is 25.4 Å². The highest BCUT2D eigenvalue weighted by Gasteiger charge is 2.30. The van der Waals surface area contributed by atoms with Crippen molar-refractivity contribution in [3.05, 3.63) is 65.7 Å². The Hall–Kier alpha value is -1.84. The molecule has 24 heavy (non-hydrogen) atoms. The van der Waals surface area contributed by atoms with Crippen molar-refractivity contribution in [1.29, 1.82) is 0 Å². The number of hydrogen-bond acceptors (Lipinski definition) is 3. The molecule has 128 valence electrons. The van der Waals surface area contributed by atoms with Crippen molar-refractivity contribution in [1.82, 2.24) is 5.32 Å². The molecule has 1 aliphatic heterocycles. The van der Waals surface area contributed by atoms with E-state index in [0.717, 1.165) is 25.2 Å². The van der Waals surface area contributed by atoms with Gasteiger partial charge < -0.3 is 14.8 Å². The highest BCUT2D eigenvalue weighted by atomic mass is 16.5. The molecule has 1 N–H and O–H groups in total. The van der Waals surface area contributed by atoms with E-state index in [1.165, 1.54) is 11.1 Å². The second kappa shape index (κ2) is 7.37. The highest BCUT2D eigenvalue weighted by molar-refractivity contribution is 5.35. The maximum absolute atomic E-state index is 5.86. The van der Waals surface area contributed by atoms with E-state index in [1.807, 2.05) is 12.1 Å². The number of methoxy groups -OCH3 is 1. The van der Waals surface area contributed by atoms with Gasteiger partial charge in [0.2, 0.25) is 0 Å². The van der Waals surface area contributed by atoms with Crippen LogP contribution in [0.15, 0.2) is 54.6 Å². The number of ether oxygens (including phenoxy) is 2. The molecular formula is C21H27NO2. The highest BCUT2D eigenvalue weighted by Crippen LogP contribution is 2.29. The second-order valence-electron chi connectivity index (χ2n) is 7.08. The Kier molecular flexibility index (Phi) is 5.22. The number of hydrogen-bond donors (Lipinski definition) is 1. The van der Waals surface area contributed by atoms with Crippen LogP contribution in [-0.2, 0) is 4.74 Å². The van der Waals surface area contributed by atoms with E-state index >= 15 is 0 Å². The molecule has 1 saturated heterocycles. The first-order valence-corrected chi connectivity index (χ1v) is 8.66. The molecule has 1 heterocycles. The number of nitrogens with one attached hydrogen (secondary N) is 1. The molecule has 1 fully saturated rings. The van der Waals surface area contributed by atoms with E-state index in [2.05, 4.69) is 61.6 Å². The summed E-state index contributed by atoms with van der Waals surface area (Å²) in [7, 11) is 1.70. The Balaban J connectivity index is 1.85. The second-order valence-corrected chi connectivity index (χ2v) is 7.08. The molecule has 0 spiro atoms. The van der Waals surface area contributed by atoms with Gasteiger partial charge in [-0.25, -0.2) is 0 Å². The van der Waals surface area contributed by atoms with Crippen LogP contribution in [0.25, 0.3) is 0 Å². The summed E-state index contributed by atoms with van der Waals surface area (Å²) >= 11 is 0. The number of rotatable bonds is 5. The van der Waals surface area contributed by atoms with Gasteiger partial charge in [-0.05, 0) is 49.9 Å². The van der Waals surface area contributed by atoms with Gasteiger partial charge in [-0.3, -0.25) is 0 Å². The van der Waals surface area contributed by atoms with Crippen LogP contribution in [0.5, 0.6) is 5.75 Å². The van der Waals surface area contributed by atoms with Crippen molar-refractivity contribution in [2.24, 2.45) is 0 Å². The summed E-state index contributed by atoms with van der Waals surface area (Å²) in [5, 5.41) is 3.86.